The Bertz CT molecular complexity index is 578. The molecule has 2 aliphatic carbocycles. The van der Waals surface area contributed by atoms with Crippen molar-refractivity contribution >= 4 is 11.7 Å². The average Bonchev–Trinajstić information content (AvgIpc) is 2.83. The SMILES string of the molecule is O=C(/C=C/C=C/C=C/C1(O)CCCCC1)NC1=C(O)CCC1=O. The molecule has 0 unspecified atom stereocenters. The number of nitrogens with one attached hydrogen (secondary N) is 1. The Labute approximate surface area is 136 Å². The number of aliphatic hydroxyl groups is 2. The predicted octanol–water partition coefficient (Wildman–Crippen LogP) is 2.60. The number of ketones is 1. The summed E-state index contributed by atoms with van der Waals surface area (Å²) in [6, 6.07) is 0. The third-order valence-corrected chi connectivity index (χ3v) is 4.11. The molecule has 1 saturated carbocycles. The fourth-order valence-corrected chi connectivity index (χ4v) is 2.79. The Morgan fingerprint density at radius 3 is 2.39 bits per heavy atom. The zero-order chi connectivity index (χ0) is 16.7. The number of Topliss-reactive ketones (excluding diaryl/α,β-unsaturated/α-hetero) is 1. The standard InChI is InChI=1S/C18H23NO4/c20-14-9-10-15(21)17(14)19-16(22)8-4-1-2-5-11-18(23)12-6-3-7-13-18/h1-2,4-5,8,11,20,23H,3,6-7,9-10,12-13H2,(H,19,22)/b2-1+,8-4+,11-5+. The number of aliphatic hydroxyl groups excluding tert-OH is 1. The van der Waals surface area contributed by atoms with E-state index in [0.29, 0.717) is 0 Å². The van der Waals surface area contributed by atoms with Crippen LogP contribution in [0.1, 0.15) is 44.9 Å². The third kappa shape index (κ3) is 5.21. The summed E-state index contributed by atoms with van der Waals surface area (Å²) in [5.41, 5.74) is -0.695. The van der Waals surface area contributed by atoms with Crippen LogP contribution in [0.4, 0.5) is 0 Å². The molecule has 3 N–H and O–H groups in total. The monoisotopic (exact) mass is 317 g/mol. The zero-order valence-electron chi connectivity index (χ0n) is 13.1. The van der Waals surface area contributed by atoms with Crippen LogP contribution in [0.2, 0.25) is 0 Å². The summed E-state index contributed by atoms with van der Waals surface area (Å²) < 4.78 is 0. The van der Waals surface area contributed by atoms with Gasteiger partial charge in [-0.1, -0.05) is 49.6 Å². The van der Waals surface area contributed by atoms with Crippen LogP contribution in [0.3, 0.4) is 0 Å². The van der Waals surface area contributed by atoms with Gasteiger partial charge >= 0.3 is 0 Å². The number of carbonyl (C=O) groups is 2. The van der Waals surface area contributed by atoms with Gasteiger partial charge in [0.05, 0.1) is 5.60 Å². The highest BCUT2D eigenvalue weighted by Gasteiger charge is 2.25. The van der Waals surface area contributed by atoms with Gasteiger partial charge in [0.25, 0.3) is 0 Å². The summed E-state index contributed by atoms with van der Waals surface area (Å²) in [7, 11) is 0. The first kappa shape index (κ1) is 17.2. The van der Waals surface area contributed by atoms with Crippen molar-refractivity contribution in [1.82, 2.24) is 5.32 Å². The molecule has 0 aromatic heterocycles. The molecule has 0 aliphatic heterocycles. The van der Waals surface area contributed by atoms with E-state index in [1.165, 1.54) is 12.5 Å². The topological polar surface area (TPSA) is 86.6 Å². The van der Waals surface area contributed by atoms with E-state index < -0.39 is 11.5 Å². The first-order chi connectivity index (χ1) is 11.0. The molecule has 0 radical (unpaired) electrons. The second-order valence-electron chi connectivity index (χ2n) is 6.00. The second kappa shape index (κ2) is 7.92. The summed E-state index contributed by atoms with van der Waals surface area (Å²) in [4.78, 5) is 23.0. The van der Waals surface area contributed by atoms with Gasteiger partial charge in [-0.3, -0.25) is 9.59 Å². The average molecular weight is 317 g/mol. The van der Waals surface area contributed by atoms with Crippen molar-refractivity contribution in [2.24, 2.45) is 0 Å². The minimum Gasteiger partial charge on any atom is -0.510 e. The first-order valence-corrected chi connectivity index (χ1v) is 8.01. The van der Waals surface area contributed by atoms with E-state index in [-0.39, 0.29) is 30.1 Å². The summed E-state index contributed by atoms with van der Waals surface area (Å²) >= 11 is 0. The van der Waals surface area contributed by atoms with E-state index in [1.807, 2.05) is 0 Å². The van der Waals surface area contributed by atoms with Gasteiger partial charge in [0.2, 0.25) is 5.91 Å². The lowest BCUT2D eigenvalue weighted by Crippen LogP contribution is -2.28. The van der Waals surface area contributed by atoms with Crippen LogP contribution in [0, 0.1) is 0 Å². The largest absolute Gasteiger partial charge is 0.510 e. The zero-order valence-corrected chi connectivity index (χ0v) is 13.1. The molecule has 23 heavy (non-hydrogen) atoms. The lowest BCUT2D eigenvalue weighted by Gasteiger charge is -2.28. The number of hydrogen-bond acceptors (Lipinski definition) is 4. The molecule has 0 saturated heterocycles. The van der Waals surface area contributed by atoms with Crippen LogP contribution in [-0.4, -0.2) is 27.5 Å². The Hall–Kier alpha value is -2.14. The maximum atomic E-state index is 11.6. The van der Waals surface area contributed by atoms with Crippen LogP contribution in [0.15, 0.2) is 47.9 Å². The number of amides is 1. The molecule has 0 aromatic carbocycles. The van der Waals surface area contributed by atoms with Crippen molar-refractivity contribution in [3.63, 3.8) is 0 Å². The summed E-state index contributed by atoms with van der Waals surface area (Å²) in [6.45, 7) is 0. The molecule has 1 amide bonds. The Kier molecular flexibility index (Phi) is 5.93. The lowest BCUT2D eigenvalue weighted by atomic mass is 9.85. The number of rotatable bonds is 5. The van der Waals surface area contributed by atoms with Gasteiger partial charge in [-0.25, -0.2) is 0 Å². The van der Waals surface area contributed by atoms with Crippen LogP contribution in [-0.2, 0) is 9.59 Å². The molecule has 0 bridgehead atoms. The van der Waals surface area contributed by atoms with E-state index in [0.717, 1.165) is 25.7 Å². The molecule has 0 heterocycles. The molecule has 0 aromatic rings. The van der Waals surface area contributed by atoms with Gasteiger partial charge in [0.15, 0.2) is 5.78 Å². The van der Waals surface area contributed by atoms with E-state index in [1.54, 1.807) is 30.4 Å². The highest BCUT2D eigenvalue weighted by molar-refractivity contribution is 6.03. The molecule has 5 nitrogen and oxygen atoms in total. The van der Waals surface area contributed by atoms with Crippen LogP contribution < -0.4 is 5.32 Å². The van der Waals surface area contributed by atoms with Crippen molar-refractivity contribution < 1.29 is 19.8 Å². The normalized spacial score (nSPS) is 21.9. The highest BCUT2D eigenvalue weighted by Crippen LogP contribution is 2.28. The first-order valence-electron chi connectivity index (χ1n) is 8.01. The van der Waals surface area contributed by atoms with Crippen LogP contribution >= 0.6 is 0 Å². The molecule has 0 spiro atoms. The van der Waals surface area contributed by atoms with Gasteiger partial charge in [0.1, 0.15) is 11.5 Å². The van der Waals surface area contributed by atoms with Crippen molar-refractivity contribution in [3.8, 4) is 0 Å². The molecular formula is C18H23NO4. The van der Waals surface area contributed by atoms with E-state index in [9.17, 15) is 19.8 Å². The molecule has 2 aliphatic rings. The molecule has 5 heteroatoms. The van der Waals surface area contributed by atoms with Gasteiger partial charge in [-0.05, 0) is 12.8 Å². The van der Waals surface area contributed by atoms with Gasteiger partial charge in [0, 0.05) is 18.9 Å². The molecule has 124 valence electrons. The van der Waals surface area contributed by atoms with E-state index in [4.69, 9.17) is 0 Å². The molecule has 1 fully saturated rings. The quantitative estimate of drug-likeness (QED) is 0.537. The molecule has 0 atom stereocenters. The second-order valence-corrected chi connectivity index (χ2v) is 6.00. The van der Waals surface area contributed by atoms with Crippen molar-refractivity contribution in [2.45, 2.75) is 50.5 Å². The number of allylic oxidation sites excluding steroid dienone is 6. The fourth-order valence-electron chi connectivity index (χ4n) is 2.79. The summed E-state index contributed by atoms with van der Waals surface area (Å²) in [5, 5.41) is 22.1. The Morgan fingerprint density at radius 2 is 1.74 bits per heavy atom. The number of carbonyl (C=O) groups excluding carboxylic acids is 2. The molecular weight excluding hydrogens is 294 g/mol. The van der Waals surface area contributed by atoms with Crippen molar-refractivity contribution in [1.29, 1.82) is 0 Å². The summed E-state index contributed by atoms with van der Waals surface area (Å²) in [6.07, 6.45) is 15.2. The van der Waals surface area contributed by atoms with E-state index in [2.05, 4.69) is 5.32 Å². The highest BCUT2D eigenvalue weighted by atomic mass is 16.3. The number of hydrogen-bond donors (Lipinski definition) is 3. The van der Waals surface area contributed by atoms with Gasteiger partial charge in [-0.15, -0.1) is 0 Å². The fraction of sp³-hybridized carbons (Fsp3) is 0.444. The third-order valence-electron chi connectivity index (χ3n) is 4.11. The van der Waals surface area contributed by atoms with Crippen molar-refractivity contribution in [3.05, 3.63) is 47.9 Å². The predicted molar refractivity (Wildman–Crippen MR) is 87.5 cm³/mol. The Balaban J connectivity index is 1.78. The van der Waals surface area contributed by atoms with E-state index >= 15 is 0 Å². The van der Waals surface area contributed by atoms with Crippen LogP contribution in [0.25, 0.3) is 0 Å². The molecule has 2 rings (SSSR count). The maximum absolute atomic E-state index is 11.6. The van der Waals surface area contributed by atoms with Gasteiger partial charge in [-0.2, -0.15) is 0 Å². The maximum Gasteiger partial charge on any atom is 0.248 e. The Morgan fingerprint density at radius 1 is 1.04 bits per heavy atom. The smallest absolute Gasteiger partial charge is 0.248 e. The lowest BCUT2D eigenvalue weighted by molar-refractivity contribution is -0.119. The minimum absolute atomic E-state index is 0.00282. The van der Waals surface area contributed by atoms with Gasteiger partial charge < -0.3 is 15.5 Å². The summed E-state index contributed by atoms with van der Waals surface area (Å²) in [5.74, 6) is -0.763. The van der Waals surface area contributed by atoms with Crippen molar-refractivity contribution in [2.75, 3.05) is 0 Å². The van der Waals surface area contributed by atoms with Crippen LogP contribution in [0.5, 0.6) is 0 Å². The minimum atomic E-state index is -0.698.